The maximum atomic E-state index is 12.1. The van der Waals surface area contributed by atoms with Crippen LogP contribution in [-0.2, 0) is 14.2 Å². The summed E-state index contributed by atoms with van der Waals surface area (Å²) in [7, 11) is 0. The van der Waals surface area contributed by atoms with Crippen LogP contribution in [0.3, 0.4) is 0 Å². The molecule has 0 fully saturated rings. The second-order valence-electron chi connectivity index (χ2n) is 4.64. The highest BCUT2D eigenvalue weighted by Crippen LogP contribution is 2.36. The van der Waals surface area contributed by atoms with Gasteiger partial charge in [-0.1, -0.05) is 0 Å². The van der Waals surface area contributed by atoms with E-state index in [2.05, 4.69) is 4.98 Å². The molecule has 3 heterocycles. The van der Waals surface area contributed by atoms with Crippen LogP contribution in [-0.4, -0.2) is 28.6 Å². The van der Waals surface area contributed by atoms with Crippen LogP contribution < -0.4 is 0 Å². The Kier molecular flexibility index (Phi) is 2.31. The van der Waals surface area contributed by atoms with Crippen molar-refractivity contribution in [3.8, 4) is 0 Å². The van der Waals surface area contributed by atoms with E-state index >= 15 is 0 Å². The molecule has 0 saturated carbocycles. The van der Waals surface area contributed by atoms with Crippen molar-refractivity contribution < 1.29 is 28.5 Å². The Morgan fingerprint density at radius 3 is 3.20 bits per heavy atom. The molecule has 0 radical (unpaired) electrons. The quantitative estimate of drug-likeness (QED) is 0.810. The SMILES string of the molecule is O=C(OC1CCC2=C1OC(O)O2)c1cc2occc2[nH]1. The molecule has 0 bridgehead atoms. The fourth-order valence-electron chi connectivity index (χ4n) is 2.47. The molecule has 0 spiro atoms. The first kappa shape index (κ1) is 11.4. The Morgan fingerprint density at radius 1 is 1.45 bits per heavy atom. The summed E-state index contributed by atoms with van der Waals surface area (Å²) in [5.41, 5.74) is 1.64. The van der Waals surface area contributed by atoms with Gasteiger partial charge in [0.15, 0.2) is 17.4 Å². The third-order valence-electron chi connectivity index (χ3n) is 3.38. The summed E-state index contributed by atoms with van der Waals surface area (Å²) >= 11 is 0. The van der Waals surface area contributed by atoms with Gasteiger partial charge in [0.1, 0.15) is 11.5 Å². The molecule has 0 aromatic carbocycles. The normalized spacial score (nSPS) is 24.6. The number of furan rings is 1. The lowest BCUT2D eigenvalue weighted by Gasteiger charge is -2.14. The van der Waals surface area contributed by atoms with Gasteiger partial charge in [-0.3, -0.25) is 0 Å². The summed E-state index contributed by atoms with van der Waals surface area (Å²) in [5, 5.41) is 9.23. The average Bonchev–Trinajstić information content (AvgIpc) is 3.09. The van der Waals surface area contributed by atoms with Gasteiger partial charge in [0, 0.05) is 18.6 Å². The van der Waals surface area contributed by atoms with Crippen molar-refractivity contribution in [3.05, 3.63) is 35.6 Å². The molecule has 2 aliphatic rings. The van der Waals surface area contributed by atoms with Gasteiger partial charge in [0.05, 0.1) is 11.8 Å². The Labute approximate surface area is 112 Å². The second kappa shape index (κ2) is 4.04. The van der Waals surface area contributed by atoms with E-state index in [1.54, 1.807) is 12.1 Å². The molecule has 2 aromatic rings. The molecule has 20 heavy (non-hydrogen) atoms. The van der Waals surface area contributed by atoms with Crippen molar-refractivity contribution in [2.24, 2.45) is 0 Å². The summed E-state index contributed by atoms with van der Waals surface area (Å²) in [4.78, 5) is 15.0. The first-order chi connectivity index (χ1) is 9.70. The van der Waals surface area contributed by atoms with Crippen LogP contribution in [0.25, 0.3) is 11.1 Å². The van der Waals surface area contributed by atoms with E-state index in [0.29, 0.717) is 35.6 Å². The van der Waals surface area contributed by atoms with Gasteiger partial charge in [-0.05, 0) is 6.42 Å². The Morgan fingerprint density at radius 2 is 2.35 bits per heavy atom. The largest absolute Gasteiger partial charge is 0.463 e. The zero-order valence-corrected chi connectivity index (χ0v) is 10.3. The zero-order valence-electron chi connectivity index (χ0n) is 10.3. The number of aliphatic hydroxyl groups excluding tert-OH is 1. The predicted octanol–water partition coefficient (Wildman–Crippen LogP) is 1.61. The van der Waals surface area contributed by atoms with E-state index in [1.165, 1.54) is 6.26 Å². The molecular formula is C13H11NO6. The molecule has 2 atom stereocenters. The van der Waals surface area contributed by atoms with Crippen LogP contribution in [0.15, 0.2) is 34.3 Å². The fraction of sp³-hybridized carbons (Fsp3) is 0.308. The summed E-state index contributed by atoms with van der Waals surface area (Å²) in [6.45, 7) is -1.30. The number of allylic oxidation sites excluding steroid dienone is 1. The van der Waals surface area contributed by atoms with Gasteiger partial charge in [0.2, 0.25) is 0 Å². The number of hydrogen-bond acceptors (Lipinski definition) is 6. The first-order valence-electron chi connectivity index (χ1n) is 6.22. The number of aromatic nitrogens is 1. The lowest BCUT2D eigenvalue weighted by molar-refractivity contribution is -0.201. The molecule has 7 heteroatoms. The number of esters is 1. The monoisotopic (exact) mass is 277 g/mol. The molecule has 0 saturated heterocycles. The van der Waals surface area contributed by atoms with E-state index in [0.717, 1.165) is 5.52 Å². The van der Waals surface area contributed by atoms with Crippen molar-refractivity contribution >= 4 is 17.1 Å². The van der Waals surface area contributed by atoms with E-state index in [4.69, 9.17) is 18.6 Å². The number of aliphatic hydroxyl groups is 1. The van der Waals surface area contributed by atoms with Crippen molar-refractivity contribution in [2.75, 3.05) is 0 Å². The number of rotatable bonds is 2. The first-order valence-corrected chi connectivity index (χ1v) is 6.22. The number of carbonyl (C=O) groups excluding carboxylic acids is 1. The topological polar surface area (TPSA) is 93.9 Å². The number of aromatic amines is 1. The Balaban J connectivity index is 1.52. The highest BCUT2D eigenvalue weighted by atomic mass is 16.8. The number of carbonyl (C=O) groups is 1. The smallest absolute Gasteiger partial charge is 0.358 e. The van der Waals surface area contributed by atoms with E-state index < -0.39 is 18.5 Å². The van der Waals surface area contributed by atoms with Crippen LogP contribution in [0.1, 0.15) is 23.3 Å². The number of hydrogen-bond donors (Lipinski definition) is 2. The highest BCUT2D eigenvalue weighted by Gasteiger charge is 2.39. The van der Waals surface area contributed by atoms with Crippen molar-refractivity contribution in [2.45, 2.75) is 25.4 Å². The van der Waals surface area contributed by atoms with Crippen molar-refractivity contribution in [1.82, 2.24) is 4.98 Å². The highest BCUT2D eigenvalue weighted by molar-refractivity contribution is 5.93. The molecule has 104 valence electrons. The number of nitrogens with one attached hydrogen (secondary N) is 1. The van der Waals surface area contributed by atoms with E-state index in [9.17, 15) is 9.90 Å². The molecule has 2 aromatic heterocycles. The van der Waals surface area contributed by atoms with Gasteiger partial charge in [-0.2, -0.15) is 0 Å². The summed E-state index contributed by atoms with van der Waals surface area (Å²) in [5.74, 6) is 0.455. The summed E-state index contributed by atoms with van der Waals surface area (Å²) in [6.07, 6.45) is 2.18. The Bertz CT molecular complexity index is 683. The van der Waals surface area contributed by atoms with Gasteiger partial charge >= 0.3 is 12.4 Å². The van der Waals surface area contributed by atoms with Crippen LogP contribution in [0.5, 0.6) is 0 Å². The molecule has 1 aliphatic heterocycles. The standard InChI is InChI=1S/C13H11NO6/c15-12(7-5-10-6(14-7)3-4-17-10)18-8-1-2-9-11(8)20-13(16)19-9/h3-5,8,13-14,16H,1-2H2. The third-order valence-corrected chi connectivity index (χ3v) is 3.38. The number of fused-ring (bicyclic) bond motifs is 1. The lowest BCUT2D eigenvalue weighted by Crippen LogP contribution is -2.21. The fourth-order valence-corrected chi connectivity index (χ4v) is 2.47. The van der Waals surface area contributed by atoms with Crippen molar-refractivity contribution in [3.63, 3.8) is 0 Å². The molecule has 7 nitrogen and oxygen atoms in total. The van der Waals surface area contributed by atoms with Crippen LogP contribution in [0.2, 0.25) is 0 Å². The molecule has 4 rings (SSSR count). The van der Waals surface area contributed by atoms with Crippen molar-refractivity contribution in [1.29, 1.82) is 0 Å². The molecule has 2 unspecified atom stereocenters. The Hall–Kier alpha value is -2.41. The predicted molar refractivity (Wildman–Crippen MR) is 64.2 cm³/mol. The molecule has 2 N–H and O–H groups in total. The summed E-state index contributed by atoms with van der Waals surface area (Å²) in [6, 6.07) is 3.31. The van der Waals surface area contributed by atoms with Crippen LogP contribution in [0, 0.1) is 0 Å². The minimum Gasteiger partial charge on any atom is -0.463 e. The molecule has 0 amide bonds. The van der Waals surface area contributed by atoms with Gasteiger partial charge in [-0.25, -0.2) is 4.79 Å². The van der Waals surface area contributed by atoms with Crippen LogP contribution in [0.4, 0.5) is 0 Å². The summed E-state index contributed by atoms with van der Waals surface area (Å²) < 4.78 is 20.7. The third kappa shape index (κ3) is 1.67. The zero-order chi connectivity index (χ0) is 13.7. The van der Waals surface area contributed by atoms with E-state index in [-0.39, 0.29) is 0 Å². The maximum Gasteiger partial charge on any atom is 0.358 e. The number of H-pyrrole nitrogens is 1. The second-order valence-corrected chi connectivity index (χ2v) is 4.64. The molecular weight excluding hydrogens is 266 g/mol. The number of ether oxygens (including phenoxy) is 3. The van der Waals surface area contributed by atoms with E-state index in [1.807, 2.05) is 0 Å². The molecule has 1 aliphatic carbocycles. The average molecular weight is 277 g/mol. The van der Waals surface area contributed by atoms with Crippen LogP contribution >= 0.6 is 0 Å². The van der Waals surface area contributed by atoms with Gasteiger partial charge in [-0.15, -0.1) is 0 Å². The minimum atomic E-state index is -1.30. The van der Waals surface area contributed by atoms with Gasteiger partial charge in [0.25, 0.3) is 0 Å². The lowest BCUT2D eigenvalue weighted by atomic mass is 10.3. The minimum absolute atomic E-state index is 0.313. The van der Waals surface area contributed by atoms with Gasteiger partial charge < -0.3 is 28.7 Å². The maximum absolute atomic E-state index is 12.1.